The highest BCUT2D eigenvalue weighted by Gasteiger charge is 2.19. The highest BCUT2D eigenvalue weighted by molar-refractivity contribution is 7.08. The number of nitrogen functional groups attached to an aromatic ring is 1. The highest BCUT2D eigenvalue weighted by Crippen LogP contribution is 2.36. The lowest BCUT2D eigenvalue weighted by atomic mass is 10.0. The lowest BCUT2D eigenvalue weighted by Gasteiger charge is -2.34. The third-order valence-corrected chi connectivity index (χ3v) is 5.98. The number of hydrogen-bond donors (Lipinski definition) is 2. The number of carbonyl (C=O) groups is 1. The Morgan fingerprint density at radius 2 is 1.89 bits per heavy atom. The summed E-state index contributed by atoms with van der Waals surface area (Å²) in [6, 6.07) is 9.38. The van der Waals surface area contributed by atoms with Crippen molar-refractivity contribution in [2.75, 3.05) is 49.2 Å². The monoisotopic (exact) mass is 396 g/mol. The van der Waals surface area contributed by atoms with Crippen molar-refractivity contribution in [3.8, 4) is 11.1 Å². The Hall–Kier alpha value is -2.77. The van der Waals surface area contributed by atoms with Crippen molar-refractivity contribution in [1.82, 2.24) is 4.90 Å². The molecule has 0 spiro atoms. The van der Waals surface area contributed by atoms with Crippen LogP contribution in [-0.2, 0) is 0 Å². The molecule has 3 heterocycles. The predicted molar refractivity (Wildman–Crippen MR) is 115 cm³/mol. The van der Waals surface area contributed by atoms with Gasteiger partial charge in [0.05, 0.1) is 0 Å². The number of thiophene rings is 1. The van der Waals surface area contributed by atoms with E-state index in [1.807, 2.05) is 6.07 Å². The van der Waals surface area contributed by atoms with E-state index in [1.54, 1.807) is 23.5 Å². The van der Waals surface area contributed by atoms with Gasteiger partial charge in [-0.3, -0.25) is 4.79 Å². The molecule has 1 aromatic carbocycles. The van der Waals surface area contributed by atoms with Crippen molar-refractivity contribution in [1.29, 1.82) is 0 Å². The second kappa shape index (κ2) is 7.69. The Kier molecular flexibility index (Phi) is 5.11. The minimum absolute atomic E-state index is 0.202. The van der Waals surface area contributed by atoms with Crippen LogP contribution in [0.5, 0.6) is 0 Å². The molecule has 2 aromatic heterocycles. The number of aryl methyl sites for hydroxylation is 1. The summed E-state index contributed by atoms with van der Waals surface area (Å²) >= 11 is 1.66. The predicted octanol–water partition coefficient (Wildman–Crippen LogP) is 3.90. The maximum absolute atomic E-state index is 12.6. The summed E-state index contributed by atoms with van der Waals surface area (Å²) in [5.74, 6) is 0.122. The lowest BCUT2D eigenvalue weighted by molar-refractivity contribution is 0.0997. The normalized spacial score (nSPS) is 15.0. The van der Waals surface area contributed by atoms with Crippen molar-refractivity contribution < 1.29 is 9.21 Å². The fourth-order valence-corrected chi connectivity index (χ4v) is 4.27. The van der Waals surface area contributed by atoms with Crippen LogP contribution in [0.1, 0.15) is 16.1 Å². The Bertz CT molecular complexity index is 986. The first-order chi connectivity index (χ1) is 13.5. The summed E-state index contributed by atoms with van der Waals surface area (Å²) in [7, 11) is 2.15. The molecule has 1 amide bonds. The zero-order valence-electron chi connectivity index (χ0n) is 16.1. The summed E-state index contributed by atoms with van der Waals surface area (Å²) in [5.41, 5.74) is 10.9. The van der Waals surface area contributed by atoms with E-state index >= 15 is 0 Å². The van der Waals surface area contributed by atoms with E-state index in [0.717, 1.165) is 43.0 Å². The molecule has 7 heteroatoms. The molecule has 0 atom stereocenters. The number of likely N-dealkylation sites (N-methyl/N-ethyl adjacent to an activating group) is 1. The third kappa shape index (κ3) is 3.76. The standard InChI is InChI=1S/C21H24N4O2S/c1-14-12-28-13-17(14)16-11-15(25-9-7-24(2)8-10-25)3-4-18(16)23-21(26)19-5-6-20(22)27-19/h3-6,11-13H,7-10,22H2,1-2H3,(H,23,26). The molecule has 3 N–H and O–H groups in total. The first kappa shape index (κ1) is 18.6. The van der Waals surface area contributed by atoms with Gasteiger partial charge >= 0.3 is 0 Å². The van der Waals surface area contributed by atoms with E-state index in [-0.39, 0.29) is 17.6 Å². The van der Waals surface area contributed by atoms with Gasteiger partial charge < -0.3 is 25.3 Å². The molecule has 0 bridgehead atoms. The van der Waals surface area contributed by atoms with E-state index in [0.29, 0.717) is 0 Å². The molecular formula is C21H24N4O2S. The molecular weight excluding hydrogens is 372 g/mol. The molecule has 146 valence electrons. The summed E-state index contributed by atoms with van der Waals surface area (Å²) in [4.78, 5) is 17.3. The summed E-state index contributed by atoms with van der Waals surface area (Å²) in [6.45, 7) is 6.18. The SMILES string of the molecule is Cc1cscc1-c1cc(N2CCN(C)CC2)ccc1NC(=O)c1ccc(N)o1. The van der Waals surface area contributed by atoms with Crippen molar-refractivity contribution in [3.05, 3.63) is 52.4 Å². The number of hydrogen-bond acceptors (Lipinski definition) is 6. The number of furan rings is 1. The van der Waals surface area contributed by atoms with Crippen LogP contribution in [0.2, 0.25) is 0 Å². The number of nitrogens with one attached hydrogen (secondary N) is 1. The molecule has 0 radical (unpaired) electrons. The second-order valence-electron chi connectivity index (χ2n) is 7.14. The average molecular weight is 397 g/mol. The van der Waals surface area contributed by atoms with Crippen molar-refractivity contribution in [2.45, 2.75) is 6.92 Å². The molecule has 4 rings (SSSR count). The Morgan fingerprint density at radius 1 is 1.11 bits per heavy atom. The van der Waals surface area contributed by atoms with E-state index in [4.69, 9.17) is 10.2 Å². The molecule has 1 fully saturated rings. The largest absolute Gasteiger partial charge is 0.436 e. The molecule has 3 aromatic rings. The lowest BCUT2D eigenvalue weighted by Crippen LogP contribution is -2.44. The maximum atomic E-state index is 12.6. The third-order valence-electron chi connectivity index (χ3n) is 5.12. The van der Waals surface area contributed by atoms with Gasteiger partial charge in [0.2, 0.25) is 0 Å². The summed E-state index contributed by atoms with van der Waals surface area (Å²) < 4.78 is 5.26. The number of piperazine rings is 1. The van der Waals surface area contributed by atoms with Crippen molar-refractivity contribution >= 4 is 34.5 Å². The molecule has 1 saturated heterocycles. The smallest absolute Gasteiger partial charge is 0.291 e. The maximum Gasteiger partial charge on any atom is 0.291 e. The van der Waals surface area contributed by atoms with E-state index in [1.165, 1.54) is 11.3 Å². The molecule has 0 saturated carbocycles. The summed E-state index contributed by atoms with van der Waals surface area (Å²) in [5, 5.41) is 7.23. The van der Waals surface area contributed by atoms with Crippen LogP contribution in [0.15, 0.2) is 45.5 Å². The Labute approximate surface area is 168 Å². The number of benzene rings is 1. The molecule has 1 aliphatic rings. The second-order valence-corrected chi connectivity index (χ2v) is 7.89. The molecule has 6 nitrogen and oxygen atoms in total. The van der Waals surface area contributed by atoms with Crippen LogP contribution in [0, 0.1) is 6.92 Å². The number of rotatable bonds is 4. The zero-order valence-corrected chi connectivity index (χ0v) is 16.9. The van der Waals surface area contributed by atoms with Gasteiger partial charge in [0, 0.05) is 49.2 Å². The van der Waals surface area contributed by atoms with Gasteiger partial charge in [0.25, 0.3) is 5.91 Å². The van der Waals surface area contributed by atoms with E-state index in [2.05, 4.69) is 52.0 Å². The van der Waals surface area contributed by atoms with Crippen molar-refractivity contribution in [3.63, 3.8) is 0 Å². The number of amides is 1. The molecule has 28 heavy (non-hydrogen) atoms. The van der Waals surface area contributed by atoms with Crippen LogP contribution in [-0.4, -0.2) is 44.0 Å². The first-order valence-corrected chi connectivity index (χ1v) is 10.2. The topological polar surface area (TPSA) is 74.7 Å². The van der Waals surface area contributed by atoms with Crippen LogP contribution in [0.4, 0.5) is 17.3 Å². The van der Waals surface area contributed by atoms with Crippen LogP contribution < -0.4 is 16.0 Å². The fourth-order valence-electron chi connectivity index (χ4n) is 3.42. The number of carbonyl (C=O) groups excluding carboxylic acids is 1. The van der Waals surface area contributed by atoms with Crippen LogP contribution in [0.25, 0.3) is 11.1 Å². The minimum Gasteiger partial charge on any atom is -0.436 e. The number of anilines is 3. The minimum atomic E-state index is -0.307. The van der Waals surface area contributed by atoms with E-state index < -0.39 is 0 Å². The van der Waals surface area contributed by atoms with Crippen LogP contribution in [0.3, 0.4) is 0 Å². The number of nitrogens with two attached hydrogens (primary N) is 1. The Balaban J connectivity index is 1.67. The van der Waals surface area contributed by atoms with Gasteiger partial charge in [-0.1, -0.05) is 0 Å². The van der Waals surface area contributed by atoms with Gasteiger partial charge in [-0.15, -0.1) is 0 Å². The van der Waals surface area contributed by atoms with E-state index in [9.17, 15) is 4.79 Å². The zero-order chi connectivity index (χ0) is 19.7. The van der Waals surface area contributed by atoms with Crippen molar-refractivity contribution in [2.24, 2.45) is 0 Å². The highest BCUT2D eigenvalue weighted by atomic mass is 32.1. The van der Waals surface area contributed by atoms with Gasteiger partial charge in [-0.2, -0.15) is 11.3 Å². The average Bonchev–Trinajstić information content (AvgIpc) is 3.31. The Morgan fingerprint density at radius 3 is 2.54 bits per heavy atom. The van der Waals surface area contributed by atoms with Crippen LogP contribution >= 0.6 is 11.3 Å². The van der Waals surface area contributed by atoms with Gasteiger partial charge in [-0.25, -0.2) is 0 Å². The molecule has 0 aliphatic carbocycles. The van der Waals surface area contributed by atoms with Gasteiger partial charge in [-0.05, 0) is 60.1 Å². The number of nitrogens with zero attached hydrogens (tertiary/aromatic N) is 2. The molecule has 1 aliphatic heterocycles. The van der Waals surface area contributed by atoms with Gasteiger partial charge in [0.1, 0.15) is 0 Å². The first-order valence-electron chi connectivity index (χ1n) is 9.28. The van der Waals surface area contributed by atoms with Gasteiger partial charge in [0.15, 0.2) is 11.6 Å². The molecule has 0 unspecified atom stereocenters. The summed E-state index contributed by atoms with van der Waals surface area (Å²) in [6.07, 6.45) is 0. The quantitative estimate of drug-likeness (QED) is 0.700. The fraction of sp³-hybridized carbons (Fsp3) is 0.286.